The summed E-state index contributed by atoms with van der Waals surface area (Å²) in [6, 6.07) is 8.30. The molecule has 31 heavy (non-hydrogen) atoms. The number of nitrogens with zero attached hydrogens (tertiary/aromatic N) is 3. The summed E-state index contributed by atoms with van der Waals surface area (Å²) in [6.07, 6.45) is 1.63. The van der Waals surface area contributed by atoms with Crippen molar-refractivity contribution in [1.29, 1.82) is 0 Å². The van der Waals surface area contributed by atoms with E-state index in [1.54, 1.807) is 41.8 Å². The van der Waals surface area contributed by atoms with Crippen molar-refractivity contribution in [3.8, 4) is 11.6 Å². The Morgan fingerprint density at radius 3 is 2.68 bits per heavy atom. The lowest BCUT2D eigenvalue weighted by Crippen LogP contribution is -2.33. The van der Waals surface area contributed by atoms with Crippen LogP contribution in [0.3, 0.4) is 0 Å². The summed E-state index contributed by atoms with van der Waals surface area (Å²) < 4.78 is 7.12. The fraction of sp³-hybridized carbons (Fsp3) is 0.300. The minimum atomic E-state index is -0.491. The number of rotatable bonds is 9. The number of hydrogen-bond acceptors (Lipinski definition) is 6. The van der Waals surface area contributed by atoms with Gasteiger partial charge < -0.3 is 15.5 Å². The van der Waals surface area contributed by atoms with Gasteiger partial charge in [-0.05, 0) is 43.7 Å². The van der Waals surface area contributed by atoms with E-state index in [2.05, 4.69) is 15.5 Å². The van der Waals surface area contributed by atoms with E-state index in [9.17, 15) is 9.59 Å². The quantitative estimate of drug-likeness (QED) is 0.444. The number of thioether (sulfide) groups is 1. The molecule has 0 radical (unpaired) electrons. The Bertz CT molecular complexity index is 1070. The van der Waals surface area contributed by atoms with Gasteiger partial charge >= 0.3 is 0 Å². The van der Waals surface area contributed by atoms with Crippen molar-refractivity contribution >= 4 is 46.8 Å². The molecule has 164 valence electrons. The van der Waals surface area contributed by atoms with Gasteiger partial charge in [-0.2, -0.15) is 0 Å². The lowest BCUT2D eigenvalue weighted by atomic mass is 10.1. The van der Waals surface area contributed by atoms with Crippen molar-refractivity contribution in [2.24, 2.45) is 5.73 Å². The number of nitrogens with two attached hydrogens (primary N) is 1. The first kappa shape index (κ1) is 23.2. The lowest BCUT2D eigenvalue weighted by molar-refractivity contribution is -0.121. The van der Waals surface area contributed by atoms with Gasteiger partial charge in [-0.3, -0.25) is 14.2 Å². The highest BCUT2D eigenvalue weighted by molar-refractivity contribution is 8.00. The largest absolute Gasteiger partial charge is 0.461 e. The third-order valence-electron chi connectivity index (χ3n) is 4.48. The number of hydrogen-bond donors (Lipinski definition) is 2. The summed E-state index contributed by atoms with van der Waals surface area (Å²) >= 11 is 13.4. The van der Waals surface area contributed by atoms with E-state index in [4.69, 9.17) is 33.4 Å². The molecular formula is C20H21Cl2N5O3S. The summed E-state index contributed by atoms with van der Waals surface area (Å²) in [4.78, 5) is 24.1. The van der Waals surface area contributed by atoms with Crippen LogP contribution in [0.25, 0.3) is 11.6 Å². The maximum absolute atomic E-state index is 12.8. The number of benzene rings is 1. The van der Waals surface area contributed by atoms with Gasteiger partial charge in [0.25, 0.3) is 0 Å². The molecule has 11 heteroatoms. The molecule has 0 spiro atoms. The Labute approximate surface area is 193 Å². The second kappa shape index (κ2) is 10.2. The van der Waals surface area contributed by atoms with E-state index in [1.807, 2.05) is 6.92 Å². The average Bonchev–Trinajstić information content (AvgIpc) is 3.35. The number of aromatic nitrogens is 3. The van der Waals surface area contributed by atoms with E-state index in [-0.39, 0.29) is 24.9 Å². The van der Waals surface area contributed by atoms with Crippen LogP contribution in [0.2, 0.25) is 10.0 Å². The van der Waals surface area contributed by atoms with E-state index < -0.39 is 11.2 Å². The molecule has 0 fully saturated rings. The molecule has 2 unspecified atom stereocenters. The van der Waals surface area contributed by atoms with Crippen molar-refractivity contribution < 1.29 is 14.0 Å². The van der Waals surface area contributed by atoms with Crippen molar-refractivity contribution in [3.05, 3.63) is 52.2 Å². The topological polar surface area (TPSA) is 116 Å². The molecule has 0 bridgehead atoms. The second-order valence-electron chi connectivity index (χ2n) is 6.81. The van der Waals surface area contributed by atoms with Crippen molar-refractivity contribution in [1.82, 2.24) is 20.1 Å². The minimum Gasteiger partial charge on any atom is -0.461 e. The SMILES string of the molecule is CC(Sc1nnc(-c2ccco2)n1CCC(N)=O)C(=O)NC(C)c1ccc(Cl)cc1Cl. The molecule has 0 aliphatic heterocycles. The fourth-order valence-electron chi connectivity index (χ4n) is 2.86. The summed E-state index contributed by atoms with van der Waals surface area (Å²) in [5, 5.41) is 12.3. The predicted octanol–water partition coefficient (Wildman–Crippen LogP) is 4.08. The number of nitrogens with one attached hydrogen (secondary N) is 1. The van der Waals surface area contributed by atoms with Gasteiger partial charge in [0, 0.05) is 23.0 Å². The first-order chi connectivity index (χ1) is 14.8. The first-order valence-corrected chi connectivity index (χ1v) is 11.1. The Morgan fingerprint density at radius 1 is 1.26 bits per heavy atom. The Kier molecular flexibility index (Phi) is 7.64. The Hall–Kier alpha value is -2.49. The molecule has 0 aliphatic rings. The normalized spacial score (nSPS) is 13.0. The van der Waals surface area contributed by atoms with Crippen molar-refractivity contribution in [2.75, 3.05) is 0 Å². The van der Waals surface area contributed by atoms with Gasteiger partial charge in [-0.15, -0.1) is 10.2 Å². The summed E-state index contributed by atoms with van der Waals surface area (Å²) in [5.41, 5.74) is 6.07. The number of halogens is 2. The van der Waals surface area contributed by atoms with Crippen LogP contribution in [0.1, 0.15) is 31.9 Å². The van der Waals surface area contributed by atoms with Crippen molar-refractivity contribution in [2.45, 2.75) is 43.3 Å². The van der Waals surface area contributed by atoms with Crippen LogP contribution in [-0.4, -0.2) is 31.8 Å². The molecule has 3 aromatic rings. The first-order valence-electron chi connectivity index (χ1n) is 9.43. The van der Waals surface area contributed by atoms with Crippen LogP contribution in [0.15, 0.2) is 46.2 Å². The molecule has 0 saturated carbocycles. The lowest BCUT2D eigenvalue weighted by Gasteiger charge is -2.19. The van der Waals surface area contributed by atoms with Crippen LogP contribution in [0, 0.1) is 0 Å². The third kappa shape index (κ3) is 5.81. The smallest absolute Gasteiger partial charge is 0.233 e. The average molecular weight is 482 g/mol. The number of amides is 2. The summed E-state index contributed by atoms with van der Waals surface area (Å²) in [7, 11) is 0. The van der Waals surface area contributed by atoms with Gasteiger partial charge in [0.1, 0.15) is 0 Å². The number of primary amides is 1. The Balaban J connectivity index is 1.73. The highest BCUT2D eigenvalue weighted by Crippen LogP contribution is 2.29. The molecule has 1 aromatic carbocycles. The fourth-order valence-corrected chi connectivity index (χ4v) is 4.32. The zero-order valence-electron chi connectivity index (χ0n) is 16.8. The van der Waals surface area contributed by atoms with Crippen molar-refractivity contribution in [3.63, 3.8) is 0 Å². The molecule has 2 heterocycles. The molecular weight excluding hydrogens is 461 g/mol. The molecule has 3 rings (SSSR count). The van der Waals surface area contributed by atoms with Crippen LogP contribution in [0.4, 0.5) is 0 Å². The van der Waals surface area contributed by atoms with Crippen LogP contribution >= 0.6 is 35.0 Å². The molecule has 3 N–H and O–H groups in total. The van der Waals surface area contributed by atoms with Crippen LogP contribution in [-0.2, 0) is 16.1 Å². The van der Waals surface area contributed by atoms with Gasteiger partial charge in [0.15, 0.2) is 16.7 Å². The Morgan fingerprint density at radius 2 is 2.03 bits per heavy atom. The van der Waals surface area contributed by atoms with Gasteiger partial charge in [0.05, 0.1) is 17.6 Å². The third-order valence-corrected chi connectivity index (χ3v) is 6.12. The standard InChI is InChI=1S/C20H21Cl2N5O3S/c1-11(14-6-5-13(21)10-15(14)22)24-19(29)12(2)31-20-26-25-18(16-4-3-9-30-16)27(20)8-7-17(23)28/h3-6,9-12H,7-8H2,1-2H3,(H2,23,28)(H,24,29). The zero-order chi connectivity index (χ0) is 22.5. The highest BCUT2D eigenvalue weighted by Gasteiger charge is 2.23. The van der Waals surface area contributed by atoms with Gasteiger partial charge in [-0.25, -0.2) is 0 Å². The molecule has 2 atom stereocenters. The van der Waals surface area contributed by atoms with E-state index in [1.165, 1.54) is 18.0 Å². The number of carbonyl (C=O) groups is 2. The highest BCUT2D eigenvalue weighted by atomic mass is 35.5. The summed E-state index contributed by atoms with van der Waals surface area (Å²) in [6.45, 7) is 3.87. The van der Waals surface area contributed by atoms with E-state index in [0.717, 1.165) is 5.56 Å². The monoisotopic (exact) mass is 481 g/mol. The molecule has 0 saturated heterocycles. The van der Waals surface area contributed by atoms with Gasteiger partial charge in [-0.1, -0.05) is 41.0 Å². The maximum atomic E-state index is 12.8. The zero-order valence-corrected chi connectivity index (χ0v) is 19.2. The minimum absolute atomic E-state index is 0.103. The molecule has 2 amide bonds. The summed E-state index contributed by atoms with van der Waals surface area (Å²) in [5.74, 6) is 0.316. The van der Waals surface area contributed by atoms with E-state index in [0.29, 0.717) is 26.8 Å². The number of carbonyl (C=O) groups excluding carboxylic acids is 2. The molecule has 2 aromatic heterocycles. The number of furan rings is 1. The maximum Gasteiger partial charge on any atom is 0.233 e. The molecule has 0 aliphatic carbocycles. The van der Waals surface area contributed by atoms with E-state index >= 15 is 0 Å². The van der Waals surface area contributed by atoms with Crippen LogP contribution < -0.4 is 11.1 Å². The molecule has 8 nitrogen and oxygen atoms in total. The van der Waals surface area contributed by atoms with Crippen LogP contribution in [0.5, 0.6) is 0 Å². The van der Waals surface area contributed by atoms with Gasteiger partial charge in [0.2, 0.25) is 11.8 Å². The predicted molar refractivity (Wildman–Crippen MR) is 120 cm³/mol. The second-order valence-corrected chi connectivity index (χ2v) is 8.96.